The molecule has 90 valence electrons. The quantitative estimate of drug-likeness (QED) is 0.882. The van der Waals surface area contributed by atoms with Crippen LogP contribution in [0.5, 0.6) is 0 Å². The Hall–Kier alpha value is -0.540. The van der Waals surface area contributed by atoms with Gasteiger partial charge in [-0.3, -0.25) is 4.68 Å². The monoisotopic (exact) mass is 242 g/mol. The van der Waals surface area contributed by atoms with Crippen molar-refractivity contribution in [1.82, 2.24) is 9.78 Å². The second-order valence-electron chi connectivity index (χ2n) is 5.34. The summed E-state index contributed by atoms with van der Waals surface area (Å²) in [6.45, 7) is 7.25. The fourth-order valence-electron chi connectivity index (χ4n) is 2.29. The predicted octanol–water partition coefficient (Wildman–Crippen LogP) is 3.03. The Balaban J connectivity index is 2.22. The average molecular weight is 243 g/mol. The van der Waals surface area contributed by atoms with Crippen molar-refractivity contribution < 1.29 is 5.11 Å². The summed E-state index contributed by atoms with van der Waals surface area (Å²) in [7, 11) is 0. The number of aliphatic hydroxyl groups is 1. The van der Waals surface area contributed by atoms with Gasteiger partial charge in [0.05, 0.1) is 16.9 Å². The number of hydrogen-bond donors (Lipinski definition) is 1. The molecule has 0 bridgehead atoms. The van der Waals surface area contributed by atoms with E-state index in [2.05, 4.69) is 25.9 Å². The molecule has 0 aliphatic heterocycles. The van der Waals surface area contributed by atoms with Crippen molar-refractivity contribution in [3.63, 3.8) is 0 Å². The number of nitrogens with zero attached hydrogens (tertiary/aromatic N) is 2. The van der Waals surface area contributed by atoms with Gasteiger partial charge in [-0.25, -0.2) is 0 Å². The van der Waals surface area contributed by atoms with E-state index >= 15 is 0 Å². The van der Waals surface area contributed by atoms with E-state index in [0.29, 0.717) is 10.9 Å². The van der Waals surface area contributed by atoms with Crippen molar-refractivity contribution in [3.05, 3.63) is 16.9 Å². The van der Waals surface area contributed by atoms with Crippen LogP contribution in [0.2, 0.25) is 5.02 Å². The number of aryl methyl sites for hydroxylation is 1. The van der Waals surface area contributed by atoms with E-state index in [9.17, 15) is 5.11 Å². The van der Waals surface area contributed by atoms with Crippen LogP contribution < -0.4 is 0 Å². The minimum absolute atomic E-state index is 0.240. The van der Waals surface area contributed by atoms with Gasteiger partial charge in [0.25, 0.3) is 0 Å². The molecule has 3 nitrogen and oxygen atoms in total. The van der Waals surface area contributed by atoms with Gasteiger partial charge in [-0.05, 0) is 24.2 Å². The normalized spacial score (nSPS) is 24.4. The van der Waals surface area contributed by atoms with Gasteiger partial charge < -0.3 is 5.11 Å². The van der Waals surface area contributed by atoms with Crippen molar-refractivity contribution in [2.24, 2.45) is 11.3 Å². The molecular formula is C12H19ClN2O. The van der Waals surface area contributed by atoms with E-state index in [1.807, 2.05) is 4.68 Å². The van der Waals surface area contributed by atoms with Crippen molar-refractivity contribution >= 4 is 11.6 Å². The van der Waals surface area contributed by atoms with Gasteiger partial charge >= 0.3 is 0 Å². The zero-order valence-electron chi connectivity index (χ0n) is 10.1. The van der Waals surface area contributed by atoms with Crippen LogP contribution >= 0.6 is 11.6 Å². The topological polar surface area (TPSA) is 38.0 Å². The van der Waals surface area contributed by atoms with Gasteiger partial charge in [0, 0.05) is 6.54 Å². The first-order valence-electron chi connectivity index (χ1n) is 5.86. The maximum Gasteiger partial charge on any atom is 0.100 e. The molecule has 0 saturated heterocycles. The van der Waals surface area contributed by atoms with Gasteiger partial charge in [-0.15, -0.1) is 0 Å². The Morgan fingerprint density at radius 1 is 1.69 bits per heavy atom. The molecule has 0 aromatic carbocycles. The lowest BCUT2D eigenvalue weighted by atomic mass is 10.0. The number of halogens is 1. The number of aliphatic hydroxyl groups excluding tert-OH is 1. The molecule has 1 aliphatic rings. The second kappa shape index (κ2) is 4.04. The molecule has 2 rings (SSSR count). The molecule has 1 heterocycles. The molecule has 2 atom stereocenters. The molecule has 16 heavy (non-hydrogen) atoms. The fraction of sp³-hybridized carbons (Fsp3) is 0.750. The van der Waals surface area contributed by atoms with Crippen molar-refractivity contribution in [2.45, 2.75) is 46.3 Å². The summed E-state index contributed by atoms with van der Waals surface area (Å²) >= 11 is 6.10. The van der Waals surface area contributed by atoms with Gasteiger partial charge in [0.2, 0.25) is 0 Å². The van der Waals surface area contributed by atoms with Crippen LogP contribution in [0.3, 0.4) is 0 Å². The number of aromatic nitrogens is 2. The van der Waals surface area contributed by atoms with E-state index in [-0.39, 0.29) is 5.41 Å². The first kappa shape index (κ1) is 11.9. The fourth-order valence-corrected chi connectivity index (χ4v) is 2.55. The molecular weight excluding hydrogens is 224 g/mol. The maximum atomic E-state index is 10.3. The lowest BCUT2D eigenvalue weighted by Gasteiger charge is -2.15. The first-order valence-corrected chi connectivity index (χ1v) is 6.24. The van der Waals surface area contributed by atoms with Crippen molar-refractivity contribution in [1.29, 1.82) is 0 Å². The summed E-state index contributed by atoms with van der Waals surface area (Å²) in [6.07, 6.45) is 3.20. The molecule has 2 unspecified atom stereocenters. The highest BCUT2D eigenvalue weighted by Crippen LogP contribution is 2.58. The minimum Gasteiger partial charge on any atom is -0.386 e. The highest BCUT2D eigenvalue weighted by molar-refractivity contribution is 6.31. The summed E-state index contributed by atoms with van der Waals surface area (Å²) in [5.41, 5.74) is 1.03. The summed E-state index contributed by atoms with van der Waals surface area (Å²) < 4.78 is 1.83. The predicted molar refractivity (Wildman–Crippen MR) is 64.4 cm³/mol. The van der Waals surface area contributed by atoms with Gasteiger partial charge in [-0.2, -0.15) is 5.10 Å². The molecule has 1 aromatic heterocycles. The van der Waals surface area contributed by atoms with Crippen LogP contribution in [0, 0.1) is 11.3 Å². The molecule has 1 N–H and O–H groups in total. The lowest BCUT2D eigenvalue weighted by Crippen LogP contribution is -2.13. The molecule has 0 radical (unpaired) electrons. The summed E-state index contributed by atoms with van der Waals surface area (Å²) in [6, 6.07) is 0. The molecule has 1 aromatic rings. The third-order valence-electron chi connectivity index (χ3n) is 3.52. The SMILES string of the molecule is CCCn1ncc(Cl)c1C(O)C1CC1(C)C. The van der Waals surface area contributed by atoms with Crippen LogP contribution in [0.1, 0.15) is 45.4 Å². The first-order chi connectivity index (χ1) is 7.47. The molecule has 0 amide bonds. The molecule has 1 aliphatic carbocycles. The van der Waals surface area contributed by atoms with Gasteiger partial charge in [0.1, 0.15) is 6.10 Å². The largest absolute Gasteiger partial charge is 0.386 e. The Morgan fingerprint density at radius 2 is 2.31 bits per heavy atom. The van der Waals surface area contributed by atoms with E-state index in [4.69, 9.17) is 11.6 Å². The van der Waals surface area contributed by atoms with Gasteiger partial charge in [-0.1, -0.05) is 32.4 Å². The number of hydrogen-bond acceptors (Lipinski definition) is 2. The molecule has 1 saturated carbocycles. The van der Waals surface area contributed by atoms with Crippen molar-refractivity contribution in [2.75, 3.05) is 0 Å². The second-order valence-corrected chi connectivity index (χ2v) is 5.75. The Morgan fingerprint density at radius 3 is 2.81 bits per heavy atom. The van der Waals surface area contributed by atoms with Crippen LogP contribution in [-0.4, -0.2) is 14.9 Å². The maximum absolute atomic E-state index is 10.3. The standard InChI is InChI=1S/C12H19ClN2O/c1-4-5-15-10(9(13)7-14-15)11(16)8-6-12(8,2)3/h7-8,11,16H,4-6H2,1-3H3. The summed E-state index contributed by atoms with van der Waals surface area (Å²) in [5.74, 6) is 0.317. The zero-order valence-corrected chi connectivity index (χ0v) is 10.8. The Labute approximate surface area is 101 Å². The molecule has 4 heteroatoms. The zero-order chi connectivity index (χ0) is 11.9. The van der Waals surface area contributed by atoms with E-state index < -0.39 is 6.10 Å². The van der Waals surface area contributed by atoms with E-state index in [1.165, 1.54) is 0 Å². The van der Waals surface area contributed by atoms with Crippen LogP contribution in [0.15, 0.2) is 6.20 Å². The smallest absolute Gasteiger partial charge is 0.100 e. The van der Waals surface area contributed by atoms with Gasteiger partial charge in [0.15, 0.2) is 0 Å². The van der Waals surface area contributed by atoms with Crippen LogP contribution in [0.4, 0.5) is 0 Å². The van der Waals surface area contributed by atoms with E-state index in [0.717, 1.165) is 25.1 Å². The highest BCUT2D eigenvalue weighted by Gasteiger charge is 2.51. The summed E-state index contributed by atoms with van der Waals surface area (Å²) in [5, 5.41) is 15.1. The molecule has 1 fully saturated rings. The third kappa shape index (κ3) is 1.98. The highest BCUT2D eigenvalue weighted by atomic mass is 35.5. The van der Waals surface area contributed by atoms with Crippen molar-refractivity contribution in [3.8, 4) is 0 Å². The van der Waals surface area contributed by atoms with E-state index in [1.54, 1.807) is 6.20 Å². The lowest BCUT2D eigenvalue weighted by molar-refractivity contribution is 0.128. The Kier molecular flexibility index (Phi) is 3.01. The summed E-state index contributed by atoms with van der Waals surface area (Å²) in [4.78, 5) is 0. The minimum atomic E-state index is -0.475. The van der Waals surface area contributed by atoms with Crippen LogP contribution in [-0.2, 0) is 6.54 Å². The average Bonchev–Trinajstić information content (AvgIpc) is 2.68. The number of rotatable bonds is 4. The Bertz CT molecular complexity index is 386. The third-order valence-corrected chi connectivity index (χ3v) is 3.81. The molecule has 0 spiro atoms. The van der Waals surface area contributed by atoms with Crippen LogP contribution in [0.25, 0.3) is 0 Å².